The van der Waals surface area contributed by atoms with Gasteiger partial charge in [0.15, 0.2) is 12.4 Å². The number of aromatic nitrogens is 5. The fourth-order valence-corrected chi connectivity index (χ4v) is 2.88. The van der Waals surface area contributed by atoms with Gasteiger partial charge in [-0.2, -0.15) is 0 Å². The number of rotatable bonds is 8. The molecule has 0 fully saturated rings. The van der Waals surface area contributed by atoms with Gasteiger partial charge in [-0.15, -0.1) is 10.2 Å². The fraction of sp³-hybridized carbons (Fsp3) is 0.190. The summed E-state index contributed by atoms with van der Waals surface area (Å²) in [5, 5.41) is 10.9. The van der Waals surface area contributed by atoms with Crippen LogP contribution in [0.4, 0.5) is 10.2 Å². The molecule has 4 rings (SSSR count). The third-order valence-corrected chi connectivity index (χ3v) is 4.45. The lowest BCUT2D eigenvalue weighted by molar-refractivity contribution is -0.123. The van der Waals surface area contributed by atoms with Crippen molar-refractivity contribution >= 4 is 17.5 Å². The molecule has 0 bridgehead atoms. The van der Waals surface area contributed by atoms with Gasteiger partial charge in [0.05, 0.1) is 12.2 Å². The molecule has 1 N–H and O–H groups in total. The van der Waals surface area contributed by atoms with Crippen molar-refractivity contribution in [3.8, 4) is 5.88 Å². The van der Waals surface area contributed by atoms with Crippen LogP contribution in [0.15, 0.2) is 61.1 Å². The van der Waals surface area contributed by atoms with Gasteiger partial charge in [-0.3, -0.25) is 9.20 Å². The van der Waals surface area contributed by atoms with Crippen LogP contribution in [-0.4, -0.2) is 44.1 Å². The second-order valence-corrected chi connectivity index (χ2v) is 6.84. The van der Waals surface area contributed by atoms with Crippen molar-refractivity contribution in [1.29, 1.82) is 0 Å². The van der Waals surface area contributed by atoms with Crippen molar-refractivity contribution < 1.29 is 13.9 Å². The van der Waals surface area contributed by atoms with E-state index in [4.69, 9.17) is 4.74 Å². The quantitative estimate of drug-likeness (QED) is 0.465. The number of hydrogen-bond acceptors (Lipinski definition) is 7. The highest BCUT2D eigenvalue weighted by Crippen LogP contribution is 2.15. The molecule has 4 aromatic rings. The van der Waals surface area contributed by atoms with Crippen molar-refractivity contribution in [3.05, 3.63) is 78.1 Å². The molecule has 31 heavy (non-hydrogen) atoms. The molecule has 0 aliphatic rings. The average Bonchev–Trinajstić information content (AvgIpc) is 3.21. The van der Waals surface area contributed by atoms with Crippen LogP contribution in [0, 0.1) is 5.82 Å². The summed E-state index contributed by atoms with van der Waals surface area (Å²) in [6.07, 6.45) is 5.30. The van der Waals surface area contributed by atoms with Gasteiger partial charge in [0.2, 0.25) is 11.7 Å². The minimum absolute atomic E-state index is 0.189. The van der Waals surface area contributed by atoms with Gasteiger partial charge < -0.3 is 15.0 Å². The lowest BCUT2D eigenvalue weighted by Crippen LogP contribution is -2.28. The number of halogens is 1. The molecule has 0 aliphatic heterocycles. The summed E-state index contributed by atoms with van der Waals surface area (Å²) in [5.41, 5.74) is 1.64. The average molecular weight is 421 g/mol. The lowest BCUT2D eigenvalue weighted by Gasteiger charge is -2.17. The van der Waals surface area contributed by atoms with E-state index >= 15 is 0 Å². The van der Waals surface area contributed by atoms with Crippen LogP contribution in [0.2, 0.25) is 0 Å². The Morgan fingerprint density at radius 3 is 2.77 bits per heavy atom. The Bertz CT molecular complexity index is 1130. The Hall–Kier alpha value is -4.08. The molecule has 0 saturated carbocycles. The smallest absolute Gasteiger partial charge is 0.258 e. The Morgan fingerprint density at radius 1 is 1.19 bits per heavy atom. The number of amides is 1. The molecule has 0 unspecified atom stereocenters. The van der Waals surface area contributed by atoms with Gasteiger partial charge in [0.25, 0.3) is 5.91 Å². The Morgan fingerprint density at radius 2 is 2.03 bits per heavy atom. The molecule has 1 amide bonds. The summed E-state index contributed by atoms with van der Waals surface area (Å²) in [7, 11) is 1.86. The molecular formula is C21H20FN7O2. The molecule has 0 spiro atoms. The maximum Gasteiger partial charge on any atom is 0.258 e. The van der Waals surface area contributed by atoms with Crippen molar-refractivity contribution in [2.24, 2.45) is 0 Å². The first kappa shape index (κ1) is 20.2. The van der Waals surface area contributed by atoms with E-state index in [1.165, 1.54) is 12.1 Å². The zero-order valence-electron chi connectivity index (χ0n) is 16.8. The van der Waals surface area contributed by atoms with E-state index in [0.717, 1.165) is 5.56 Å². The topological polar surface area (TPSA) is 97.5 Å². The molecule has 3 heterocycles. The van der Waals surface area contributed by atoms with Crippen LogP contribution in [0.1, 0.15) is 11.3 Å². The van der Waals surface area contributed by atoms with Crippen LogP contribution in [0.3, 0.4) is 0 Å². The van der Waals surface area contributed by atoms with E-state index in [2.05, 4.69) is 25.5 Å². The van der Waals surface area contributed by atoms with Gasteiger partial charge in [0, 0.05) is 38.2 Å². The molecule has 0 saturated heterocycles. The van der Waals surface area contributed by atoms with Gasteiger partial charge in [0.1, 0.15) is 5.82 Å². The number of ether oxygens (including phenoxy) is 1. The molecule has 158 valence electrons. The molecule has 1 aromatic carbocycles. The Balaban J connectivity index is 1.24. The molecular weight excluding hydrogens is 401 g/mol. The van der Waals surface area contributed by atoms with Crippen LogP contribution < -0.4 is 15.0 Å². The number of carbonyl (C=O) groups is 1. The summed E-state index contributed by atoms with van der Waals surface area (Å²) in [6.45, 7) is 0.631. The number of nitrogens with one attached hydrogen (secondary N) is 1. The first-order valence-electron chi connectivity index (χ1n) is 9.54. The molecule has 0 atom stereocenters. The minimum Gasteiger partial charge on any atom is -0.466 e. The summed E-state index contributed by atoms with van der Waals surface area (Å²) < 4.78 is 20.2. The first-order valence-corrected chi connectivity index (χ1v) is 9.54. The molecule has 10 heteroatoms. The minimum atomic E-state index is -0.302. The molecule has 0 radical (unpaired) electrons. The van der Waals surface area contributed by atoms with Crippen molar-refractivity contribution in [3.63, 3.8) is 0 Å². The van der Waals surface area contributed by atoms with Gasteiger partial charge in [-0.25, -0.2) is 14.4 Å². The SMILES string of the molecule is CN(Cc1ccc(F)cc1)c1ccc(OCC(=O)NCc2cn3cccnc3n2)nn1. The second-order valence-electron chi connectivity index (χ2n) is 6.84. The van der Waals surface area contributed by atoms with Gasteiger partial charge >= 0.3 is 0 Å². The maximum atomic E-state index is 13.0. The van der Waals surface area contributed by atoms with Crippen LogP contribution in [0.25, 0.3) is 5.78 Å². The number of nitrogens with zero attached hydrogens (tertiary/aromatic N) is 6. The molecule has 9 nitrogen and oxygen atoms in total. The Labute approximate surface area is 177 Å². The van der Waals surface area contributed by atoms with E-state index in [9.17, 15) is 9.18 Å². The number of hydrogen-bond donors (Lipinski definition) is 1. The number of fused-ring (bicyclic) bond motifs is 1. The van der Waals surface area contributed by atoms with E-state index < -0.39 is 0 Å². The third kappa shape index (κ3) is 5.30. The number of carbonyl (C=O) groups excluding carboxylic acids is 1. The van der Waals surface area contributed by atoms with Crippen molar-refractivity contribution in [2.45, 2.75) is 13.1 Å². The number of anilines is 1. The second kappa shape index (κ2) is 9.16. The fourth-order valence-electron chi connectivity index (χ4n) is 2.88. The van der Waals surface area contributed by atoms with Crippen molar-refractivity contribution in [2.75, 3.05) is 18.6 Å². The van der Waals surface area contributed by atoms with Crippen LogP contribution >= 0.6 is 0 Å². The van der Waals surface area contributed by atoms with E-state index in [0.29, 0.717) is 23.8 Å². The largest absolute Gasteiger partial charge is 0.466 e. The zero-order valence-corrected chi connectivity index (χ0v) is 16.8. The monoisotopic (exact) mass is 421 g/mol. The standard InChI is InChI=1S/C21H20FN7O2/c1-28(12-15-3-5-16(22)6-4-15)18-7-8-20(27-26-18)31-14-19(30)24-11-17-13-29-10-2-9-23-21(29)25-17/h2-10,13H,11-12,14H2,1H3,(H,24,30). The number of imidazole rings is 1. The van der Waals surface area contributed by atoms with E-state index in [-0.39, 0.29) is 30.8 Å². The number of benzene rings is 1. The normalized spacial score (nSPS) is 10.8. The molecule has 0 aliphatic carbocycles. The predicted octanol–water partition coefficient (Wildman–Crippen LogP) is 1.99. The first-order chi connectivity index (χ1) is 15.1. The summed E-state index contributed by atoms with van der Waals surface area (Å²) in [6, 6.07) is 11.5. The molecule has 3 aromatic heterocycles. The van der Waals surface area contributed by atoms with Crippen LogP contribution in [0.5, 0.6) is 5.88 Å². The summed E-state index contributed by atoms with van der Waals surface area (Å²) in [5.74, 6) is 0.867. The predicted molar refractivity (Wildman–Crippen MR) is 111 cm³/mol. The maximum absolute atomic E-state index is 13.0. The highest BCUT2D eigenvalue weighted by Gasteiger charge is 2.09. The van der Waals surface area contributed by atoms with Crippen molar-refractivity contribution in [1.82, 2.24) is 29.9 Å². The summed E-state index contributed by atoms with van der Waals surface area (Å²) >= 11 is 0. The van der Waals surface area contributed by atoms with Crippen LogP contribution in [-0.2, 0) is 17.9 Å². The summed E-state index contributed by atoms with van der Waals surface area (Å²) in [4.78, 5) is 22.4. The van der Waals surface area contributed by atoms with Gasteiger partial charge in [-0.1, -0.05) is 12.1 Å². The Kier molecular flexibility index (Phi) is 5.97. The highest BCUT2D eigenvalue weighted by atomic mass is 19.1. The third-order valence-electron chi connectivity index (χ3n) is 4.45. The lowest BCUT2D eigenvalue weighted by atomic mass is 10.2. The van der Waals surface area contributed by atoms with E-state index in [1.807, 2.05) is 18.1 Å². The zero-order chi connectivity index (χ0) is 21.6. The van der Waals surface area contributed by atoms with E-state index in [1.54, 1.807) is 47.1 Å². The highest BCUT2D eigenvalue weighted by molar-refractivity contribution is 5.77. The van der Waals surface area contributed by atoms with Gasteiger partial charge in [-0.05, 0) is 29.8 Å².